The normalized spacial score (nSPS) is 20.8. The number of hydrogen-bond acceptors (Lipinski definition) is 1. The van der Waals surface area contributed by atoms with Gasteiger partial charge in [-0.25, -0.2) is 0 Å². The predicted octanol–water partition coefficient (Wildman–Crippen LogP) is 7.77. The summed E-state index contributed by atoms with van der Waals surface area (Å²) >= 11 is 2.27. The Hall–Kier alpha value is 0.130. The highest BCUT2D eigenvalue weighted by molar-refractivity contribution is 7.66. The Labute approximate surface area is 155 Å². The smallest absolute Gasteiger partial charge is 0.0156 e. The number of hydrogen-bond donors (Lipinski definition) is 0. The lowest BCUT2D eigenvalue weighted by molar-refractivity contribution is 0.447. The van der Waals surface area contributed by atoms with Crippen molar-refractivity contribution in [1.29, 1.82) is 0 Å². The van der Waals surface area contributed by atoms with E-state index in [4.69, 9.17) is 0 Å². The highest BCUT2D eigenvalue weighted by Crippen LogP contribution is 2.47. The first-order valence-corrected chi connectivity index (χ1v) is 13.2. The van der Waals surface area contributed by atoms with Gasteiger partial charge in [0.25, 0.3) is 0 Å². The summed E-state index contributed by atoms with van der Waals surface area (Å²) in [5.41, 5.74) is 0. The van der Waals surface area contributed by atoms with Crippen LogP contribution in [0.2, 0.25) is 0 Å². The molecule has 0 aliphatic heterocycles. The Balaban J connectivity index is 1.88. The molecule has 0 bridgehead atoms. The van der Waals surface area contributed by atoms with Gasteiger partial charge in [0.05, 0.1) is 0 Å². The lowest BCUT2D eigenvalue weighted by Crippen LogP contribution is -2.14. The summed E-state index contributed by atoms with van der Waals surface area (Å²) in [7, 11) is 0.109. The zero-order valence-electron chi connectivity index (χ0n) is 16.0. The van der Waals surface area contributed by atoms with Gasteiger partial charge in [0.2, 0.25) is 0 Å². The van der Waals surface area contributed by atoms with E-state index in [1.807, 2.05) is 10.2 Å². The molecule has 1 aromatic heterocycles. The molecule has 1 aromatic rings. The van der Waals surface area contributed by atoms with E-state index >= 15 is 0 Å². The zero-order valence-corrected chi connectivity index (χ0v) is 17.7. The highest BCUT2D eigenvalue weighted by atomic mass is 32.1. The molecule has 136 valence electrons. The Morgan fingerprint density at radius 3 is 1.92 bits per heavy atom. The lowest BCUT2D eigenvalue weighted by atomic mass is 9.87. The predicted molar refractivity (Wildman–Crippen MR) is 113 cm³/mol. The van der Waals surface area contributed by atoms with Crippen molar-refractivity contribution in [2.24, 2.45) is 0 Å². The van der Waals surface area contributed by atoms with Crippen molar-refractivity contribution >= 4 is 24.6 Å². The van der Waals surface area contributed by atoms with Crippen LogP contribution >= 0.6 is 19.3 Å². The van der Waals surface area contributed by atoms with Crippen LogP contribution in [0.1, 0.15) is 112 Å². The minimum atomic E-state index is 0.109. The molecule has 2 fully saturated rings. The molecule has 2 heteroatoms. The first-order chi connectivity index (χ1) is 11.8. The van der Waals surface area contributed by atoms with E-state index in [-0.39, 0.29) is 7.92 Å². The van der Waals surface area contributed by atoms with Crippen molar-refractivity contribution in [3.63, 3.8) is 0 Å². The average molecular weight is 365 g/mol. The van der Waals surface area contributed by atoms with E-state index in [1.165, 1.54) is 89.4 Å². The molecular weight excluding hydrogens is 327 g/mol. The standard InChI is InChI=1S/C22H37PS/c1-3-15-23(16-4-2)20-17-21(18-11-7-5-8-12-18)24-22(20)19-13-9-6-10-14-19/h17-19H,3-16H2,1-2H3. The molecule has 0 N–H and O–H groups in total. The van der Waals surface area contributed by atoms with E-state index in [2.05, 4.69) is 31.3 Å². The van der Waals surface area contributed by atoms with E-state index < -0.39 is 0 Å². The fourth-order valence-electron chi connectivity index (χ4n) is 4.80. The van der Waals surface area contributed by atoms with Crippen LogP contribution in [-0.4, -0.2) is 12.3 Å². The molecule has 2 aliphatic carbocycles. The lowest BCUT2D eigenvalue weighted by Gasteiger charge is -2.25. The molecule has 0 unspecified atom stereocenters. The molecule has 24 heavy (non-hydrogen) atoms. The van der Waals surface area contributed by atoms with Gasteiger partial charge in [-0.1, -0.05) is 73.1 Å². The van der Waals surface area contributed by atoms with Gasteiger partial charge in [0.15, 0.2) is 0 Å². The number of thiophene rings is 1. The van der Waals surface area contributed by atoms with Crippen LogP contribution in [0.5, 0.6) is 0 Å². The van der Waals surface area contributed by atoms with E-state index in [0.717, 1.165) is 11.8 Å². The minimum absolute atomic E-state index is 0.109. The Morgan fingerprint density at radius 1 is 0.833 bits per heavy atom. The van der Waals surface area contributed by atoms with Crippen molar-refractivity contribution in [2.45, 2.75) is 103 Å². The van der Waals surface area contributed by atoms with Crippen LogP contribution in [0.4, 0.5) is 0 Å². The molecule has 3 rings (SSSR count). The molecule has 2 aliphatic rings. The maximum atomic E-state index is 2.74. The topological polar surface area (TPSA) is 0 Å². The van der Waals surface area contributed by atoms with Gasteiger partial charge < -0.3 is 0 Å². The number of rotatable bonds is 7. The van der Waals surface area contributed by atoms with Crippen LogP contribution < -0.4 is 5.30 Å². The van der Waals surface area contributed by atoms with E-state index in [9.17, 15) is 0 Å². The molecule has 0 amide bonds. The van der Waals surface area contributed by atoms with Crippen molar-refractivity contribution in [3.8, 4) is 0 Å². The van der Waals surface area contributed by atoms with E-state index in [0.29, 0.717) is 0 Å². The average Bonchev–Trinajstić information content (AvgIpc) is 3.08. The maximum absolute atomic E-state index is 2.74. The molecule has 0 spiro atoms. The second-order valence-electron chi connectivity index (χ2n) is 8.06. The van der Waals surface area contributed by atoms with Crippen molar-refractivity contribution < 1.29 is 0 Å². The van der Waals surface area contributed by atoms with Crippen LogP contribution in [0.25, 0.3) is 0 Å². The van der Waals surface area contributed by atoms with Gasteiger partial charge in [0.1, 0.15) is 0 Å². The van der Waals surface area contributed by atoms with Gasteiger partial charge in [-0.15, -0.1) is 11.3 Å². The molecule has 0 nitrogen and oxygen atoms in total. The second-order valence-corrected chi connectivity index (χ2v) is 11.6. The first-order valence-electron chi connectivity index (χ1n) is 10.7. The third-order valence-electron chi connectivity index (χ3n) is 6.07. The van der Waals surface area contributed by atoms with Crippen molar-refractivity contribution in [2.75, 3.05) is 12.3 Å². The van der Waals surface area contributed by atoms with Gasteiger partial charge in [-0.3, -0.25) is 0 Å². The molecule has 2 saturated carbocycles. The molecule has 0 aromatic carbocycles. The van der Waals surface area contributed by atoms with Gasteiger partial charge in [-0.05, 0) is 61.2 Å². The second kappa shape index (κ2) is 9.72. The van der Waals surface area contributed by atoms with Crippen molar-refractivity contribution in [3.05, 3.63) is 15.8 Å². The maximum Gasteiger partial charge on any atom is 0.0156 e. The molecular formula is C22H37PS. The van der Waals surface area contributed by atoms with Gasteiger partial charge in [0, 0.05) is 9.75 Å². The molecule has 0 saturated heterocycles. The van der Waals surface area contributed by atoms with Crippen LogP contribution in [-0.2, 0) is 0 Å². The molecule has 1 heterocycles. The minimum Gasteiger partial charge on any atom is -0.144 e. The van der Waals surface area contributed by atoms with E-state index in [1.54, 1.807) is 4.88 Å². The highest BCUT2D eigenvalue weighted by Gasteiger charge is 2.27. The zero-order chi connectivity index (χ0) is 16.8. The van der Waals surface area contributed by atoms with Crippen LogP contribution in [0.15, 0.2) is 6.07 Å². The summed E-state index contributed by atoms with van der Waals surface area (Å²) in [6.45, 7) is 4.78. The summed E-state index contributed by atoms with van der Waals surface area (Å²) in [5, 5.41) is 1.87. The summed E-state index contributed by atoms with van der Waals surface area (Å²) in [6.07, 6.45) is 20.4. The fraction of sp³-hybridized carbons (Fsp3) is 0.818. The Kier molecular flexibility index (Phi) is 7.66. The molecule has 0 atom stereocenters. The summed E-state index contributed by atoms with van der Waals surface area (Å²) in [6, 6.07) is 2.74. The Morgan fingerprint density at radius 2 is 1.38 bits per heavy atom. The van der Waals surface area contributed by atoms with Gasteiger partial charge in [-0.2, -0.15) is 0 Å². The summed E-state index contributed by atoms with van der Waals surface area (Å²) in [5.74, 6) is 1.81. The quantitative estimate of drug-likeness (QED) is 0.433. The fourth-order valence-corrected chi connectivity index (χ4v) is 9.41. The monoisotopic (exact) mass is 364 g/mol. The Bertz CT molecular complexity index is 474. The third-order valence-corrected chi connectivity index (χ3v) is 10.7. The third kappa shape index (κ3) is 4.64. The first kappa shape index (κ1) is 18.9. The SMILES string of the molecule is CCCP(CCC)c1cc(C2CCCCC2)sc1C1CCCCC1. The summed E-state index contributed by atoms with van der Waals surface area (Å²) in [4.78, 5) is 3.65. The van der Waals surface area contributed by atoms with Crippen molar-refractivity contribution in [1.82, 2.24) is 0 Å². The summed E-state index contributed by atoms with van der Waals surface area (Å²) < 4.78 is 0. The van der Waals surface area contributed by atoms with Crippen LogP contribution in [0.3, 0.4) is 0 Å². The largest absolute Gasteiger partial charge is 0.144 e. The molecule has 0 radical (unpaired) electrons. The van der Waals surface area contributed by atoms with Gasteiger partial charge >= 0.3 is 0 Å². The van der Waals surface area contributed by atoms with Crippen LogP contribution in [0, 0.1) is 0 Å².